The summed E-state index contributed by atoms with van der Waals surface area (Å²) in [6, 6.07) is 0. The average molecular weight is 156 g/mol. The van der Waals surface area contributed by atoms with Gasteiger partial charge in [0.1, 0.15) is 0 Å². The van der Waals surface area contributed by atoms with Crippen molar-refractivity contribution in [1.29, 1.82) is 0 Å². The Kier molecular flexibility index (Phi) is 2.48. The lowest BCUT2D eigenvalue weighted by molar-refractivity contribution is -0.138. The molecule has 0 aromatic heterocycles. The third-order valence-corrected chi connectivity index (χ3v) is 1.41. The molecule has 1 heterocycles. The number of hydrazine groups is 1. The first-order valence-corrected chi connectivity index (χ1v) is 3.58. The third kappa shape index (κ3) is 1.94. The van der Waals surface area contributed by atoms with Gasteiger partial charge in [-0.3, -0.25) is 0 Å². The lowest BCUT2D eigenvalue weighted by Gasteiger charge is -2.04. The molecule has 0 radical (unpaired) electrons. The van der Waals surface area contributed by atoms with Crippen LogP contribution in [-0.2, 0) is 9.53 Å². The largest absolute Gasteiger partial charge is 0.463 e. The van der Waals surface area contributed by atoms with E-state index in [2.05, 4.69) is 5.43 Å². The van der Waals surface area contributed by atoms with Crippen LogP contribution in [0.4, 0.5) is 0 Å². The van der Waals surface area contributed by atoms with E-state index in [1.807, 2.05) is 7.05 Å². The molecule has 0 saturated carbocycles. The maximum absolute atomic E-state index is 11.0. The van der Waals surface area contributed by atoms with Crippen LogP contribution in [0.25, 0.3) is 0 Å². The standard InChI is InChI=1S/C7H12N2O2/c1-3-11-7(10)6-4-8-9(2)5-6/h5,8H,3-4H2,1-2H3. The molecule has 0 aromatic rings. The molecule has 0 aromatic carbocycles. The third-order valence-electron chi connectivity index (χ3n) is 1.41. The van der Waals surface area contributed by atoms with E-state index in [1.54, 1.807) is 18.1 Å². The lowest BCUT2D eigenvalue weighted by Crippen LogP contribution is -2.24. The molecule has 1 rings (SSSR count). The Bertz CT molecular complexity index is 189. The Morgan fingerprint density at radius 3 is 3.09 bits per heavy atom. The van der Waals surface area contributed by atoms with Crippen LogP contribution >= 0.6 is 0 Å². The summed E-state index contributed by atoms with van der Waals surface area (Å²) in [4.78, 5) is 11.0. The maximum atomic E-state index is 11.0. The summed E-state index contributed by atoms with van der Waals surface area (Å²) in [6.07, 6.45) is 1.73. The summed E-state index contributed by atoms with van der Waals surface area (Å²) in [7, 11) is 1.84. The van der Waals surface area contributed by atoms with Crippen molar-refractivity contribution in [2.24, 2.45) is 0 Å². The summed E-state index contributed by atoms with van der Waals surface area (Å²) >= 11 is 0. The summed E-state index contributed by atoms with van der Waals surface area (Å²) < 4.78 is 4.80. The van der Waals surface area contributed by atoms with Crippen molar-refractivity contribution >= 4 is 5.97 Å². The highest BCUT2D eigenvalue weighted by molar-refractivity contribution is 5.89. The van der Waals surface area contributed by atoms with E-state index < -0.39 is 0 Å². The molecule has 0 unspecified atom stereocenters. The lowest BCUT2D eigenvalue weighted by atomic mass is 10.3. The van der Waals surface area contributed by atoms with E-state index in [9.17, 15) is 4.79 Å². The molecular formula is C7H12N2O2. The van der Waals surface area contributed by atoms with Gasteiger partial charge in [0, 0.05) is 19.8 Å². The van der Waals surface area contributed by atoms with Crippen LogP contribution in [0.5, 0.6) is 0 Å². The van der Waals surface area contributed by atoms with Gasteiger partial charge in [-0.05, 0) is 6.92 Å². The van der Waals surface area contributed by atoms with E-state index in [-0.39, 0.29) is 5.97 Å². The van der Waals surface area contributed by atoms with Crippen molar-refractivity contribution < 1.29 is 9.53 Å². The van der Waals surface area contributed by atoms with Crippen LogP contribution in [0.2, 0.25) is 0 Å². The Morgan fingerprint density at radius 1 is 1.91 bits per heavy atom. The first kappa shape index (κ1) is 8.07. The van der Waals surface area contributed by atoms with Crippen molar-refractivity contribution in [2.75, 3.05) is 20.2 Å². The van der Waals surface area contributed by atoms with Crippen LogP contribution in [-0.4, -0.2) is 31.2 Å². The zero-order valence-electron chi connectivity index (χ0n) is 6.76. The molecule has 62 valence electrons. The van der Waals surface area contributed by atoms with E-state index in [1.165, 1.54) is 0 Å². The predicted molar refractivity (Wildman–Crippen MR) is 40.5 cm³/mol. The van der Waals surface area contributed by atoms with Gasteiger partial charge in [0.25, 0.3) is 0 Å². The topological polar surface area (TPSA) is 41.6 Å². The molecular weight excluding hydrogens is 144 g/mol. The summed E-state index contributed by atoms with van der Waals surface area (Å²) in [5.41, 5.74) is 3.62. The first-order chi connectivity index (χ1) is 5.24. The summed E-state index contributed by atoms with van der Waals surface area (Å²) in [6.45, 7) is 2.79. The Labute approximate surface area is 65.8 Å². The smallest absolute Gasteiger partial charge is 0.336 e. The molecule has 4 nitrogen and oxygen atoms in total. The number of carbonyl (C=O) groups excluding carboxylic acids is 1. The summed E-state index contributed by atoms with van der Waals surface area (Å²) in [5.74, 6) is -0.232. The van der Waals surface area contributed by atoms with Gasteiger partial charge in [-0.1, -0.05) is 0 Å². The molecule has 1 aliphatic rings. The molecule has 0 atom stereocenters. The molecule has 0 aliphatic carbocycles. The zero-order chi connectivity index (χ0) is 8.27. The highest BCUT2D eigenvalue weighted by atomic mass is 16.5. The molecule has 0 bridgehead atoms. The predicted octanol–water partition coefficient (Wildman–Crippen LogP) is -0.117. The van der Waals surface area contributed by atoms with Gasteiger partial charge in [0.05, 0.1) is 12.2 Å². The molecule has 11 heavy (non-hydrogen) atoms. The van der Waals surface area contributed by atoms with Gasteiger partial charge >= 0.3 is 5.97 Å². The fraction of sp³-hybridized carbons (Fsp3) is 0.571. The first-order valence-electron chi connectivity index (χ1n) is 3.58. The Morgan fingerprint density at radius 2 is 2.64 bits per heavy atom. The van der Waals surface area contributed by atoms with Crippen LogP contribution in [0.15, 0.2) is 11.8 Å². The van der Waals surface area contributed by atoms with Crippen molar-refractivity contribution in [3.8, 4) is 0 Å². The molecule has 0 saturated heterocycles. The minimum absolute atomic E-state index is 0.232. The van der Waals surface area contributed by atoms with Crippen LogP contribution in [0.1, 0.15) is 6.92 Å². The van der Waals surface area contributed by atoms with E-state index >= 15 is 0 Å². The Hall–Kier alpha value is -1.03. The minimum atomic E-state index is -0.232. The number of nitrogens with zero attached hydrogens (tertiary/aromatic N) is 1. The molecule has 1 N–H and O–H groups in total. The molecule has 4 heteroatoms. The van der Waals surface area contributed by atoms with Crippen molar-refractivity contribution in [3.05, 3.63) is 11.8 Å². The molecule has 0 fully saturated rings. The minimum Gasteiger partial charge on any atom is -0.463 e. The highest BCUT2D eigenvalue weighted by Gasteiger charge is 2.15. The van der Waals surface area contributed by atoms with Gasteiger partial charge < -0.3 is 9.75 Å². The quantitative estimate of drug-likeness (QED) is 0.566. The average Bonchev–Trinajstić information content (AvgIpc) is 2.36. The number of hydrogen-bond acceptors (Lipinski definition) is 4. The second kappa shape index (κ2) is 3.39. The number of ether oxygens (including phenoxy) is 1. The van der Waals surface area contributed by atoms with Crippen LogP contribution in [0.3, 0.4) is 0 Å². The van der Waals surface area contributed by atoms with Gasteiger partial charge in [0.2, 0.25) is 0 Å². The van der Waals surface area contributed by atoms with E-state index in [0.717, 1.165) is 0 Å². The number of hydrogen-bond donors (Lipinski definition) is 1. The summed E-state index contributed by atoms with van der Waals surface area (Å²) in [5, 5.41) is 1.74. The Balaban J connectivity index is 2.48. The van der Waals surface area contributed by atoms with Crippen molar-refractivity contribution in [2.45, 2.75) is 6.92 Å². The fourth-order valence-corrected chi connectivity index (χ4v) is 0.884. The normalized spacial score (nSPS) is 16.5. The fourth-order valence-electron chi connectivity index (χ4n) is 0.884. The number of esters is 1. The van der Waals surface area contributed by atoms with Gasteiger partial charge in [-0.2, -0.15) is 0 Å². The SMILES string of the molecule is CCOC(=O)C1=CN(C)NC1. The van der Waals surface area contributed by atoms with E-state index in [4.69, 9.17) is 4.74 Å². The van der Waals surface area contributed by atoms with Gasteiger partial charge in [-0.25, -0.2) is 10.2 Å². The molecule has 0 spiro atoms. The molecule has 1 aliphatic heterocycles. The second-order valence-electron chi connectivity index (χ2n) is 2.32. The van der Waals surface area contributed by atoms with Gasteiger partial charge in [-0.15, -0.1) is 0 Å². The van der Waals surface area contributed by atoms with Crippen LogP contribution < -0.4 is 5.43 Å². The van der Waals surface area contributed by atoms with E-state index in [0.29, 0.717) is 18.7 Å². The maximum Gasteiger partial charge on any atom is 0.336 e. The number of rotatable bonds is 2. The zero-order valence-corrected chi connectivity index (χ0v) is 6.76. The number of nitrogens with one attached hydrogen (secondary N) is 1. The van der Waals surface area contributed by atoms with Gasteiger partial charge in [0.15, 0.2) is 0 Å². The van der Waals surface area contributed by atoms with Crippen LogP contribution in [0, 0.1) is 0 Å². The van der Waals surface area contributed by atoms with Crippen molar-refractivity contribution in [3.63, 3.8) is 0 Å². The second-order valence-corrected chi connectivity index (χ2v) is 2.32. The highest BCUT2D eigenvalue weighted by Crippen LogP contribution is 2.03. The van der Waals surface area contributed by atoms with Crippen molar-refractivity contribution in [1.82, 2.24) is 10.4 Å². The molecule has 0 amide bonds. The monoisotopic (exact) mass is 156 g/mol. The number of carbonyl (C=O) groups is 1.